The molecule has 1 N–H and O–H groups in total. The van der Waals surface area contributed by atoms with E-state index < -0.39 is 15.9 Å². The van der Waals surface area contributed by atoms with Gasteiger partial charge in [-0.2, -0.15) is 5.10 Å². The Morgan fingerprint density at radius 3 is 2.22 bits per heavy atom. The number of hydrogen-bond donors (Lipinski definition) is 1. The van der Waals surface area contributed by atoms with E-state index in [2.05, 4.69) is 16.0 Å². The zero-order valence-corrected chi connectivity index (χ0v) is 22.1. The van der Waals surface area contributed by atoms with Crippen molar-refractivity contribution in [1.29, 1.82) is 0 Å². The smallest absolute Gasteiger partial charge is 0.283 e. The molecule has 0 saturated carbocycles. The Morgan fingerprint density at radius 2 is 1.59 bits per heavy atom. The predicted molar refractivity (Wildman–Crippen MR) is 144 cm³/mol. The number of fused-ring (bicyclic) bond motifs is 1. The molecular weight excluding hydrogens is 490 g/mol. The molecule has 3 heterocycles. The number of nitrogens with one attached hydrogen (secondary N) is 1. The van der Waals surface area contributed by atoms with Gasteiger partial charge in [-0.25, -0.2) is 22.8 Å². The maximum atomic E-state index is 12.9. The molecule has 5 rings (SSSR count). The fourth-order valence-corrected chi connectivity index (χ4v) is 5.22. The molecule has 0 bridgehead atoms. The minimum atomic E-state index is -3.77. The highest BCUT2D eigenvalue weighted by Gasteiger charge is 2.22. The minimum Gasteiger partial charge on any atom is -0.378 e. The first-order chi connectivity index (χ1) is 17.6. The molecule has 10 heteroatoms. The summed E-state index contributed by atoms with van der Waals surface area (Å²) in [4.78, 5) is 19.8. The number of nitrogens with zero attached hydrogens (tertiary/aromatic N) is 4. The zero-order chi connectivity index (χ0) is 26.3. The van der Waals surface area contributed by atoms with Crippen LogP contribution in [0.1, 0.15) is 27.3 Å². The van der Waals surface area contributed by atoms with Gasteiger partial charge < -0.3 is 9.64 Å². The highest BCUT2D eigenvalue weighted by atomic mass is 32.2. The molecule has 192 valence electrons. The van der Waals surface area contributed by atoms with E-state index in [4.69, 9.17) is 9.84 Å². The second-order valence-electron chi connectivity index (χ2n) is 9.45. The summed E-state index contributed by atoms with van der Waals surface area (Å²) in [6.45, 7) is 8.98. The van der Waals surface area contributed by atoms with Crippen LogP contribution in [-0.4, -0.2) is 61.6 Å². The Hall–Kier alpha value is -3.76. The molecule has 2 aromatic carbocycles. The quantitative estimate of drug-likeness (QED) is 0.430. The fraction of sp³-hybridized carbons (Fsp3) is 0.296. The number of aryl methyl sites for hydroxylation is 3. The summed E-state index contributed by atoms with van der Waals surface area (Å²) in [5.74, 6) is -0.790. The first kappa shape index (κ1) is 24.9. The van der Waals surface area contributed by atoms with E-state index in [-0.39, 0.29) is 5.69 Å². The molecule has 0 unspecified atom stereocenters. The number of ether oxygens (including phenoxy) is 1. The van der Waals surface area contributed by atoms with Crippen LogP contribution in [0.5, 0.6) is 0 Å². The van der Waals surface area contributed by atoms with E-state index in [9.17, 15) is 13.2 Å². The van der Waals surface area contributed by atoms with Crippen LogP contribution in [0.25, 0.3) is 27.8 Å². The van der Waals surface area contributed by atoms with Crippen LogP contribution in [0.2, 0.25) is 0 Å². The van der Waals surface area contributed by atoms with Gasteiger partial charge in [-0.05, 0) is 73.4 Å². The third-order valence-corrected chi connectivity index (χ3v) is 6.89. The van der Waals surface area contributed by atoms with Crippen LogP contribution >= 0.6 is 0 Å². The van der Waals surface area contributed by atoms with E-state index in [1.807, 2.05) is 61.9 Å². The van der Waals surface area contributed by atoms with Crippen LogP contribution < -0.4 is 9.62 Å². The molecule has 4 aromatic rings. The Morgan fingerprint density at radius 1 is 0.946 bits per heavy atom. The molecule has 1 aliphatic heterocycles. The molecule has 9 nitrogen and oxygen atoms in total. The molecule has 0 aliphatic carbocycles. The number of anilines is 1. The lowest BCUT2D eigenvalue weighted by Gasteiger charge is -2.29. The number of morpholine rings is 1. The topological polar surface area (TPSA) is 106 Å². The number of aromatic nitrogens is 3. The number of carbonyl (C=O) groups excluding carboxylic acids is 1. The molecule has 1 aliphatic rings. The number of amides is 1. The lowest BCUT2D eigenvalue weighted by molar-refractivity contribution is 0.0977. The van der Waals surface area contributed by atoms with Crippen LogP contribution in [-0.2, 0) is 14.8 Å². The summed E-state index contributed by atoms with van der Waals surface area (Å²) in [6.07, 6.45) is 0.943. The second kappa shape index (κ2) is 9.60. The van der Waals surface area contributed by atoms with Gasteiger partial charge in [0.2, 0.25) is 10.0 Å². The number of pyridine rings is 1. The monoisotopic (exact) mass is 519 g/mol. The number of rotatable bonds is 5. The average Bonchev–Trinajstić information content (AvgIpc) is 3.19. The van der Waals surface area contributed by atoms with Gasteiger partial charge in [0.15, 0.2) is 5.65 Å². The van der Waals surface area contributed by atoms with Crippen LogP contribution in [0.3, 0.4) is 0 Å². The average molecular weight is 520 g/mol. The molecule has 1 saturated heterocycles. The summed E-state index contributed by atoms with van der Waals surface area (Å²) in [5.41, 5.74) is 6.91. The Labute approximate surface area is 216 Å². The molecule has 1 amide bonds. The summed E-state index contributed by atoms with van der Waals surface area (Å²) in [7, 11) is -3.77. The highest BCUT2D eigenvalue weighted by Crippen LogP contribution is 2.34. The molecule has 1 fully saturated rings. The van der Waals surface area contributed by atoms with Gasteiger partial charge in [-0.15, -0.1) is 0 Å². The normalized spacial score (nSPS) is 14.2. The van der Waals surface area contributed by atoms with Crippen LogP contribution in [0.4, 0.5) is 5.69 Å². The van der Waals surface area contributed by atoms with E-state index >= 15 is 0 Å². The van der Waals surface area contributed by atoms with Crippen molar-refractivity contribution in [2.24, 2.45) is 0 Å². The van der Waals surface area contributed by atoms with Gasteiger partial charge >= 0.3 is 0 Å². The van der Waals surface area contributed by atoms with Gasteiger partial charge in [0, 0.05) is 18.8 Å². The van der Waals surface area contributed by atoms with E-state index in [0.717, 1.165) is 64.1 Å². The molecule has 0 radical (unpaired) electrons. The highest BCUT2D eigenvalue weighted by molar-refractivity contribution is 7.89. The summed E-state index contributed by atoms with van der Waals surface area (Å²) in [6, 6.07) is 15.8. The lowest BCUT2D eigenvalue weighted by Crippen LogP contribution is -2.36. The van der Waals surface area contributed by atoms with Gasteiger partial charge in [-0.1, -0.05) is 18.2 Å². The van der Waals surface area contributed by atoms with Crippen molar-refractivity contribution in [3.05, 3.63) is 71.0 Å². The Balaban J connectivity index is 1.69. The van der Waals surface area contributed by atoms with Crippen molar-refractivity contribution in [3.8, 4) is 16.8 Å². The standard InChI is InChI=1S/C27H29N5O4S/c1-17-13-18(2)15-22(14-17)32-26-25(19(3)29-32)23(16-24(28-26)27(33)30-37(4,34)35)20-5-7-21(8-6-20)31-9-11-36-12-10-31/h5-8,13-16H,9-12H2,1-4H3,(H,30,33). The number of benzene rings is 2. The predicted octanol–water partition coefficient (Wildman–Crippen LogP) is 3.54. The molecule has 2 aromatic heterocycles. The van der Waals surface area contributed by atoms with Gasteiger partial charge in [0.1, 0.15) is 5.69 Å². The number of hydrogen-bond acceptors (Lipinski definition) is 7. The van der Waals surface area contributed by atoms with E-state index in [1.165, 1.54) is 0 Å². The SMILES string of the molecule is Cc1cc(C)cc(-n2nc(C)c3c(-c4ccc(N5CCOCC5)cc4)cc(C(=O)NS(C)(=O)=O)nc32)c1. The molecular formula is C27H29N5O4S. The van der Waals surface area contributed by atoms with Crippen molar-refractivity contribution < 1.29 is 17.9 Å². The lowest BCUT2D eigenvalue weighted by atomic mass is 10.0. The van der Waals surface area contributed by atoms with Gasteiger partial charge in [-0.3, -0.25) is 4.79 Å². The Bertz CT molecular complexity index is 1580. The zero-order valence-electron chi connectivity index (χ0n) is 21.3. The minimum absolute atomic E-state index is 0.00398. The maximum Gasteiger partial charge on any atom is 0.283 e. The molecule has 37 heavy (non-hydrogen) atoms. The van der Waals surface area contributed by atoms with Crippen molar-refractivity contribution in [2.75, 3.05) is 37.5 Å². The van der Waals surface area contributed by atoms with E-state index in [0.29, 0.717) is 18.9 Å². The van der Waals surface area contributed by atoms with Crippen molar-refractivity contribution in [2.45, 2.75) is 20.8 Å². The first-order valence-corrected chi connectivity index (χ1v) is 13.9. The van der Waals surface area contributed by atoms with Gasteiger partial charge in [0.25, 0.3) is 5.91 Å². The molecule has 0 spiro atoms. The van der Waals surface area contributed by atoms with E-state index in [1.54, 1.807) is 10.7 Å². The first-order valence-electron chi connectivity index (χ1n) is 12.0. The second-order valence-corrected chi connectivity index (χ2v) is 11.2. The van der Waals surface area contributed by atoms with Crippen molar-refractivity contribution >= 4 is 32.7 Å². The maximum absolute atomic E-state index is 12.9. The third-order valence-electron chi connectivity index (χ3n) is 6.33. The van der Waals surface area contributed by atoms with Crippen LogP contribution in [0.15, 0.2) is 48.5 Å². The fourth-order valence-electron chi connectivity index (χ4n) is 4.78. The van der Waals surface area contributed by atoms with Crippen LogP contribution in [0, 0.1) is 20.8 Å². The summed E-state index contributed by atoms with van der Waals surface area (Å²) in [5, 5.41) is 5.58. The van der Waals surface area contributed by atoms with Crippen molar-refractivity contribution in [3.63, 3.8) is 0 Å². The third kappa shape index (κ3) is 5.21. The summed E-state index contributed by atoms with van der Waals surface area (Å²) < 4.78 is 32.8. The van der Waals surface area contributed by atoms with Crippen molar-refractivity contribution in [1.82, 2.24) is 19.5 Å². The largest absolute Gasteiger partial charge is 0.378 e. The number of carbonyl (C=O) groups is 1. The number of sulfonamides is 1. The molecule has 0 atom stereocenters. The Kier molecular flexibility index (Phi) is 6.47. The van der Waals surface area contributed by atoms with Gasteiger partial charge in [0.05, 0.1) is 36.2 Å². The summed E-state index contributed by atoms with van der Waals surface area (Å²) >= 11 is 0.